The molecule has 0 aliphatic carbocycles. The van der Waals surface area contributed by atoms with Gasteiger partial charge in [0.25, 0.3) is 0 Å². The number of benzene rings is 1. The molecule has 0 bridgehead atoms. The van der Waals surface area contributed by atoms with Crippen molar-refractivity contribution in [1.82, 2.24) is 9.78 Å². The lowest BCUT2D eigenvalue weighted by atomic mass is 10.0. The third-order valence-electron chi connectivity index (χ3n) is 2.30. The Bertz CT molecular complexity index is 513. The van der Waals surface area contributed by atoms with E-state index in [2.05, 4.69) is 11.0 Å². The number of nitrogens with zero attached hydrogens (tertiary/aromatic N) is 2. The summed E-state index contributed by atoms with van der Waals surface area (Å²) in [6.07, 6.45) is 7.06. The highest BCUT2D eigenvalue weighted by Crippen LogP contribution is 2.27. The van der Waals surface area contributed by atoms with Gasteiger partial charge in [0.1, 0.15) is 0 Å². The Morgan fingerprint density at radius 1 is 1.40 bits per heavy atom. The van der Waals surface area contributed by atoms with Crippen LogP contribution in [-0.2, 0) is 7.05 Å². The summed E-state index contributed by atoms with van der Waals surface area (Å²) in [5.74, 6) is 2.64. The maximum atomic E-state index is 5.85. The van der Waals surface area contributed by atoms with Gasteiger partial charge < -0.3 is 5.73 Å². The molecule has 0 saturated carbocycles. The molecule has 3 nitrogen and oxygen atoms in total. The molecule has 0 fully saturated rings. The van der Waals surface area contributed by atoms with Crippen LogP contribution in [0.3, 0.4) is 0 Å². The van der Waals surface area contributed by atoms with Crippen LogP contribution in [0.1, 0.15) is 5.56 Å². The molecule has 0 aliphatic rings. The van der Waals surface area contributed by atoms with Crippen LogP contribution in [0.4, 0.5) is 5.69 Å². The first-order valence-corrected chi connectivity index (χ1v) is 4.57. The highest BCUT2D eigenvalue weighted by Gasteiger charge is 2.10. The lowest BCUT2D eigenvalue weighted by Gasteiger charge is -2.06. The first-order valence-electron chi connectivity index (χ1n) is 4.57. The van der Waals surface area contributed by atoms with Crippen LogP contribution in [0.2, 0.25) is 0 Å². The zero-order valence-electron chi connectivity index (χ0n) is 8.44. The summed E-state index contributed by atoms with van der Waals surface area (Å²) in [4.78, 5) is 0. The number of rotatable bonds is 1. The molecule has 0 amide bonds. The van der Waals surface area contributed by atoms with Gasteiger partial charge in [-0.3, -0.25) is 4.68 Å². The Morgan fingerprint density at radius 3 is 2.73 bits per heavy atom. The molecule has 0 saturated heterocycles. The number of terminal acetylenes is 1. The number of nitrogen functional groups attached to an aromatic ring is 1. The minimum atomic E-state index is 0.639. The molecule has 1 heterocycles. The third-order valence-corrected chi connectivity index (χ3v) is 2.30. The normalized spacial score (nSPS) is 9.87. The fraction of sp³-hybridized carbons (Fsp3) is 0.0833. The number of anilines is 1. The van der Waals surface area contributed by atoms with E-state index in [9.17, 15) is 0 Å². The second-order valence-corrected chi connectivity index (χ2v) is 3.26. The summed E-state index contributed by atoms with van der Waals surface area (Å²) in [5, 5.41) is 4.09. The van der Waals surface area contributed by atoms with Crippen LogP contribution < -0.4 is 5.73 Å². The maximum Gasteiger partial charge on any atom is 0.0921 e. The summed E-state index contributed by atoms with van der Waals surface area (Å²) in [6.45, 7) is 0. The SMILES string of the molecule is C#Cc1ccccc1-c1c(N)cnn1C. The molecular formula is C12H11N3. The van der Waals surface area contributed by atoms with Crippen molar-refractivity contribution in [3.63, 3.8) is 0 Å². The fourth-order valence-corrected chi connectivity index (χ4v) is 1.60. The van der Waals surface area contributed by atoms with Gasteiger partial charge in [0.15, 0.2) is 0 Å². The van der Waals surface area contributed by atoms with Crippen molar-refractivity contribution in [2.75, 3.05) is 5.73 Å². The van der Waals surface area contributed by atoms with Gasteiger partial charge in [-0.1, -0.05) is 24.1 Å². The van der Waals surface area contributed by atoms with Crippen molar-refractivity contribution in [2.24, 2.45) is 7.05 Å². The summed E-state index contributed by atoms with van der Waals surface area (Å²) in [6, 6.07) is 7.68. The second kappa shape index (κ2) is 3.50. The largest absolute Gasteiger partial charge is 0.396 e. The molecule has 0 atom stereocenters. The average Bonchev–Trinajstić information content (AvgIpc) is 2.59. The van der Waals surface area contributed by atoms with E-state index in [1.807, 2.05) is 31.3 Å². The van der Waals surface area contributed by atoms with Gasteiger partial charge in [0, 0.05) is 18.2 Å². The summed E-state index contributed by atoms with van der Waals surface area (Å²) in [7, 11) is 1.85. The van der Waals surface area contributed by atoms with E-state index in [0.29, 0.717) is 5.69 Å². The summed E-state index contributed by atoms with van der Waals surface area (Å²) < 4.78 is 1.73. The minimum Gasteiger partial charge on any atom is -0.396 e. The van der Waals surface area contributed by atoms with Gasteiger partial charge in [-0.15, -0.1) is 6.42 Å². The third kappa shape index (κ3) is 1.46. The summed E-state index contributed by atoms with van der Waals surface area (Å²) >= 11 is 0. The van der Waals surface area contributed by atoms with E-state index in [1.54, 1.807) is 10.9 Å². The Hall–Kier alpha value is -2.21. The molecule has 2 rings (SSSR count). The van der Waals surface area contributed by atoms with E-state index >= 15 is 0 Å². The molecular weight excluding hydrogens is 186 g/mol. The summed E-state index contributed by atoms with van der Waals surface area (Å²) in [5.41, 5.74) is 9.12. The predicted molar refractivity (Wildman–Crippen MR) is 61.0 cm³/mol. The van der Waals surface area contributed by atoms with Crippen LogP contribution in [0.15, 0.2) is 30.5 Å². The van der Waals surface area contributed by atoms with Gasteiger partial charge in [-0.2, -0.15) is 5.10 Å². The quantitative estimate of drug-likeness (QED) is 0.706. The topological polar surface area (TPSA) is 43.8 Å². The van der Waals surface area contributed by atoms with Gasteiger partial charge in [-0.25, -0.2) is 0 Å². The first kappa shape index (κ1) is 9.35. The van der Waals surface area contributed by atoms with Crippen molar-refractivity contribution in [3.8, 4) is 23.6 Å². The monoisotopic (exact) mass is 197 g/mol. The lowest BCUT2D eigenvalue weighted by Crippen LogP contribution is -1.97. The number of aromatic nitrogens is 2. The van der Waals surface area contributed by atoms with E-state index in [1.165, 1.54) is 0 Å². The van der Waals surface area contributed by atoms with Crippen LogP contribution >= 0.6 is 0 Å². The Morgan fingerprint density at radius 2 is 2.13 bits per heavy atom. The minimum absolute atomic E-state index is 0.639. The van der Waals surface area contributed by atoms with Crippen LogP contribution in [0.25, 0.3) is 11.3 Å². The van der Waals surface area contributed by atoms with Crippen LogP contribution in [0, 0.1) is 12.3 Å². The van der Waals surface area contributed by atoms with Gasteiger partial charge in [0.2, 0.25) is 0 Å². The molecule has 1 aromatic heterocycles. The van der Waals surface area contributed by atoms with E-state index in [4.69, 9.17) is 12.2 Å². The molecule has 0 radical (unpaired) electrons. The fourth-order valence-electron chi connectivity index (χ4n) is 1.60. The van der Waals surface area contributed by atoms with E-state index in [0.717, 1.165) is 16.8 Å². The molecule has 1 aromatic carbocycles. The van der Waals surface area contributed by atoms with Gasteiger partial charge >= 0.3 is 0 Å². The predicted octanol–water partition coefficient (Wildman–Crippen LogP) is 1.65. The van der Waals surface area contributed by atoms with Crippen molar-refractivity contribution in [1.29, 1.82) is 0 Å². The molecule has 0 unspecified atom stereocenters. The van der Waals surface area contributed by atoms with Gasteiger partial charge in [0.05, 0.1) is 17.6 Å². The molecule has 74 valence electrons. The van der Waals surface area contributed by atoms with Crippen molar-refractivity contribution in [2.45, 2.75) is 0 Å². The molecule has 2 aromatic rings. The molecule has 0 aliphatic heterocycles. The lowest BCUT2D eigenvalue weighted by molar-refractivity contribution is 0.776. The van der Waals surface area contributed by atoms with Crippen LogP contribution in [0.5, 0.6) is 0 Å². The van der Waals surface area contributed by atoms with Gasteiger partial charge in [-0.05, 0) is 6.07 Å². The Labute approximate surface area is 88.5 Å². The highest BCUT2D eigenvalue weighted by molar-refractivity contribution is 5.77. The number of nitrogens with two attached hydrogens (primary N) is 1. The maximum absolute atomic E-state index is 5.85. The first-order chi connectivity index (χ1) is 7.24. The number of hydrogen-bond acceptors (Lipinski definition) is 2. The number of hydrogen-bond donors (Lipinski definition) is 1. The van der Waals surface area contributed by atoms with Crippen molar-refractivity contribution >= 4 is 5.69 Å². The standard InChI is InChI=1S/C12H11N3/c1-3-9-6-4-5-7-10(9)12-11(13)8-14-15(12)2/h1,4-8H,13H2,2H3. The molecule has 3 heteroatoms. The Kier molecular flexibility index (Phi) is 2.18. The van der Waals surface area contributed by atoms with E-state index < -0.39 is 0 Å². The van der Waals surface area contributed by atoms with Crippen molar-refractivity contribution in [3.05, 3.63) is 36.0 Å². The smallest absolute Gasteiger partial charge is 0.0921 e. The van der Waals surface area contributed by atoms with Crippen LogP contribution in [-0.4, -0.2) is 9.78 Å². The average molecular weight is 197 g/mol. The highest BCUT2D eigenvalue weighted by atomic mass is 15.3. The zero-order valence-corrected chi connectivity index (χ0v) is 8.44. The zero-order chi connectivity index (χ0) is 10.8. The molecule has 0 spiro atoms. The molecule has 2 N–H and O–H groups in total. The second-order valence-electron chi connectivity index (χ2n) is 3.26. The van der Waals surface area contributed by atoms with Crippen molar-refractivity contribution < 1.29 is 0 Å². The molecule has 15 heavy (non-hydrogen) atoms. The number of aryl methyl sites for hydroxylation is 1. The van der Waals surface area contributed by atoms with E-state index in [-0.39, 0.29) is 0 Å². The Balaban J connectivity index is 2.70.